The molecule has 0 heterocycles. The number of hydrogen-bond acceptors (Lipinski definition) is 5. The Kier molecular flexibility index (Phi) is 5.49. The molecule has 1 N–H and O–H groups in total. The molecule has 0 aromatic heterocycles. The maximum atomic E-state index is 11.9. The van der Waals surface area contributed by atoms with Crippen LogP contribution in [0.25, 0.3) is 0 Å². The second-order valence-electron chi connectivity index (χ2n) is 4.84. The van der Waals surface area contributed by atoms with Crippen molar-refractivity contribution in [3.63, 3.8) is 0 Å². The van der Waals surface area contributed by atoms with Gasteiger partial charge in [-0.3, -0.25) is 19.7 Å². The van der Waals surface area contributed by atoms with Gasteiger partial charge in [0.1, 0.15) is 0 Å². The number of hydrogen-bond donors (Lipinski definition) is 1. The molecule has 7 nitrogen and oxygen atoms in total. The summed E-state index contributed by atoms with van der Waals surface area (Å²) in [4.78, 5) is 33.3. The van der Waals surface area contributed by atoms with E-state index in [1.54, 1.807) is 24.3 Å². The molecular weight excluding hydrogens is 336 g/mol. The number of ketones is 1. The zero-order valence-electron chi connectivity index (χ0n) is 12.6. The average Bonchev–Trinajstić information content (AvgIpc) is 2.54. The summed E-state index contributed by atoms with van der Waals surface area (Å²) in [5, 5.41) is 13.7. The Morgan fingerprint density at radius 1 is 1.21 bits per heavy atom. The third-order valence-electron chi connectivity index (χ3n) is 3.05. The molecule has 0 bridgehead atoms. The minimum Gasteiger partial charge on any atom is -0.477 e. The van der Waals surface area contributed by atoms with Crippen molar-refractivity contribution in [1.29, 1.82) is 0 Å². The Balaban J connectivity index is 1.98. The van der Waals surface area contributed by atoms with Crippen LogP contribution in [0.3, 0.4) is 0 Å². The normalized spacial score (nSPS) is 10.1. The molecule has 0 aliphatic carbocycles. The monoisotopic (exact) mass is 348 g/mol. The zero-order chi connectivity index (χ0) is 17.7. The van der Waals surface area contributed by atoms with Gasteiger partial charge in [-0.15, -0.1) is 0 Å². The van der Waals surface area contributed by atoms with E-state index in [1.807, 2.05) is 0 Å². The lowest BCUT2D eigenvalue weighted by Gasteiger charge is -2.08. The molecule has 2 rings (SSSR count). The molecule has 0 saturated carbocycles. The highest BCUT2D eigenvalue weighted by Crippen LogP contribution is 2.29. The number of amides is 1. The first-order chi connectivity index (χ1) is 11.4. The van der Waals surface area contributed by atoms with Crippen molar-refractivity contribution >= 4 is 34.7 Å². The van der Waals surface area contributed by atoms with Crippen LogP contribution in [0.4, 0.5) is 11.4 Å². The van der Waals surface area contributed by atoms with Gasteiger partial charge in [-0.05, 0) is 43.3 Å². The molecule has 0 spiro atoms. The van der Waals surface area contributed by atoms with Gasteiger partial charge in [0.05, 0.1) is 4.92 Å². The number of anilines is 1. The fourth-order valence-electron chi connectivity index (χ4n) is 1.88. The Morgan fingerprint density at radius 2 is 1.88 bits per heavy atom. The van der Waals surface area contributed by atoms with Gasteiger partial charge < -0.3 is 10.1 Å². The van der Waals surface area contributed by atoms with Crippen molar-refractivity contribution in [2.75, 3.05) is 11.9 Å². The lowest BCUT2D eigenvalue weighted by atomic mass is 10.1. The highest BCUT2D eigenvalue weighted by atomic mass is 35.5. The van der Waals surface area contributed by atoms with Crippen LogP contribution in [-0.2, 0) is 4.79 Å². The summed E-state index contributed by atoms with van der Waals surface area (Å²) in [5.74, 6) is -0.618. The van der Waals surface area contributed by atoms with Gasteiger partial charge in [0.15, 0.2) is 18.1 Å². The third kappa shape index (κ3) is 4.53. The number of carbonyl (C=O) groups excluding carboxylic acids is 2. The van der Waals surface area contributed by atoms with Gasteiger partial charge in [0, 0.05) is 22.3 Å². The number of carbonyl (C=O) groups is 2. The predicted octanol–water partition coefficient (Wildman–Crippen LogP) is 3.47. The third-order valence-corrected chi connectivity index (χ3v) is 3.29. The predicted molar refractivity (Wildman–Crippen MR) is 88.7 cm³/mol. The van der Waals surface area contributed by atoms with Crippen molar-refractivity contribution in [3.05, 3.63) is 63.2 Å². The number of nitrogens with zero attached hydrogens (tertiary/aromatic N) is 1. The van der Waals surface area contributed by atoms with Gasteiger partial charge in [0.25, 0.3) is 5.91 Å². The quantitative estimate of drug-likeness (QED) is 0.489. The lowest BCUT2D eigenvalue weighted by Crippen LogP contribution is -2.20. The van der Waals surface area contributed by atoms with Gasteiger partial charge in [0.2, 0.25) is 0 Å². The molecule has 0 atom stereocenters. The molecule has 24 heavy (non-hydrogen) atoms. The second-order valence-corrected chi connectivity index (χ2v) is 5.28. The van der Waals surface area contributed by atoms with Gasteiger partial charge >= 0.3 is 5.69 Å². The molecule has 2 aromatic carbocycles. The number of rotatable bonds is 6. The Bertz CT molecular complexity index is 790. The van der Waals surface area contributed by atoms with Crippen molar-refractivity contribution in [2.45, 2.75) is 6.92 Å². The summed E-state index contributed by atoms with van der Waals surface area (Å²) >= 11 is 5.70. The number of nitro benzene ring substituents is 1. The van der Waals surface area contributed by atoms with Crippen LogP contribution in [0.2, 0.25) is 5.02 Å². The highest BCUT2D eigenvalue weighted by molar-refractivity contribution is 6.30. The van der Waals surface area contributed by atoms with Crippen LogP contribution in [0, 0.1) is 10.1 Å². The largest absolute Gasteiger partial charge is 0.477 e. The fraction of sp³-hybridized carbons (Fsp3) is 0.125. The summed E-state index contributed by atoms with van der Waals surface area (Å²) in [6, 6.07) is 10.2. The number of nitro groups is 1. The van der Waals surface area contributed by atoms with Gasteiger partial charge in [-0.2, -0.15) is 0 Å². The number of Topliss-reactive ketones (excluding diaryl/α,β-unsaturated/α-hetero) is 1. The number of halogens is 1. The van der Waals surface area contributed by atoms with E-state index in [4.69, 9.17) is 16.3 Å². The molecule has 2 aromatic rings. The average molecular weight is 349 g/mol. The maximum absolute atomic E-state index is 11.9. The summed E-state index contributed by atoms with van der Waals surface area (Å²) < 4.78 is 5.18. The molecule has 124 valence electrons. The molecule has 0 fully saturated rings. The molecular formula is C16H13ClN2O5. The first-order valence-corrected chi connectivity index (χ1v) is 7.22. The van der Waals surface area contributed by atoms with E-state index in [9.17, 15) is 19.7 Å². The first kappa shape index (κ1) is 17.4. The van der Waals surface area contributed by atoms with Crippen molar-refractivity contribution in [1.82, 2.24) is 0 Å². The van der Waals surface area contributed by atoms with Crippen LogP contribution < -0.4 is 10.1 Å². The van der Waals surface area contributed by atoms with E-state index in [-0.39, 0.29) is 22.2 Å². The van der Waals surface area contributed by atoms with Crippen LogP contribution in [0.1, 0.15) is 17.3 Å². The maximum Gasteiger partial charge on any atom is 0.312 e. The van der Waals surface area contributed by atoms with Gasteiger partial charge in [-0.1, -0.05) is 11.6 Å². The van der Waals surface area contributed by atoms with Crippen LogP contribution in [-0.4, -0.2) is 23.2 Å². The summed E-state index contributed by atoms with van der Waals surface area (Å²) in [5.41, 5.74) is 0.696. The summed E-state index contributed by atoms with van der Waals surface area (Å²) in [7, 11) is 0. The summed E-state index contributed by atoms with van der Waals surface area (Å²) in [6.45, 7) is 1.04. The number of nitrogens with one attached hydrogen (secondary N) is 1. The topological polar surface area (TPSA) is 98.5 Å². The number of benzene rings is 2. The zero-order valence-corrected chi connectivity index (χ0v) is 13.4. The Hall–Kier alpha value is -2.93. The minimum absolute atomic E-state index is 0.0496. The number of ether oxygens (including phenoxy) is 1. The molecule has 0 aliphatic heterocycles. The molecule has 0 unspecified atom stereocenters. The van der Waals surface area contributed by atoms with Crippen molar-refractivity contribution < 1.29 is 19.2 Å². The van der Waals surface area contributed by atoms with E-state index in [1.165, 1.54) is 19.1 Å². The molecule has 1 amide bonds. The highest BCUT2D eigenvalue weighted by Gasteiger charge is 2.16. The Morgan fingerprint density at radius 3 is 2.46 bits per heavy atom. The first-order valence-electron chi connectivity index (χ1n) is 6.84. The van der Waals surface area contributed by atoms with E-state index in [0.717, 1.165) is 6.07 Å². The van der Waals surface area contributed by atoms with Crippen LogP contribution in [0.5, 0.6) is 5.75 Å². The van der Waals surface area contributed by atoms with E-state index < -0.39 is 17.4 Å². The molecule has 0 aliphatic rings. The minimum atomic E-state index is -0.639. The van der Waals surface area contributed by atoms with Gasteiger partial charge in [-0.25, -0.2) is 0 Å². The van der Waals surface area contributed by atoms with E-state index in [2.05, 4.69) is 5.32 Å². The van der Waals surface area contributed by atoms with Crippen LogP contribution in [0.15, 0.2) is 42.5 Å². The van der Waals surface area contributed by atoms with Crippen molar-refractivity contribution in [2.24, 2.45) is 0 Å². The fourth-order valence-corrected chi connectivity index (χ4v) is 2.05. The van der Waals surface area contributed by atoms with Crippen molar-refractivity contribution in [3.8, 4) is 5.75 Å². The molecule has 0 radical (unpaired) electrons. The smallest absolute Gasteiger partial charge is 0.312 e. The second kappa shape index (κ2) is 7.56. The standard InChI is InChI=1S/C16H13ClN2O5/c1-10(20)11-2-5-13(6-3-11)18-16(21)9-24-15-7-4-12(17)8-14(15)19(22)23/h2-8H,9H2,1H3,(H,18,21). The SMILES string of the molecule is CC(=O)c1ccc(NC(=O)COc2ccc(Cl)cc2[N+](=O)[O-])cc1. The lowest BCUT2D eigenvalue weighted by molar-refractivity contribution is -0.385. The van der Waals surface area contributed by atoms with E-state index >= 15 is 0 Å². The van der Waals surface area contributed by atoms with Crippen LogP contribution >= 0.6 is 11.6 Å². The molecule has 0 saturated heterocycles. The Labute approximate surface area is 142 Å². The summed E-state index contributed by atoms with van der Waals surface area (Å²) in [6.07, 6.45) is 0. The van der Waals surface area contributed by atoms with E-state index in [0.29, 0.717) is 11.3 Å². The molecule has 8 heteroatoms.